The molecule has 2 aromatic rings. The molecule has 3 heteroatoms. The van der Waals surface area contributed by atoms with Gasteiger partial charge in [0.2, 0.25) is 0 Å². The number of aryl methyl sites for hydroxylation is 1. The Kier molecular flexibility index (Phi) is 3.47. The lowest BCUT2D eigenvalue weighted by molar-refractivity contribution is 0.626. The molecule has 2 rings (SSSR count). The Morgan fingerprint density at radius 3 is 2.94 bits per heavy atom. The molecule has 16 heavy (non-hydrogen) atoms. The van der Waals surface area contributed by atoms with E-state index in [4.69, 9.17) is 5.73 Å². The molecule has 0 aliphatic rings. The van der Waals surface area contributed by atoms with Gasteiger partial charge in [-0.15, -0.1) is 0 Å². The van der Waals surface area contributed by atoms with Crippen LogP contribution in [0.5, 0.6) is 0 Å². The Hall–Kier alpha value is -1.48. The molecular formula is C13H15FN2. The summed E-state index contributed by atoms with van der Waals surface area (Å²) < 4.78 is 13.4. The van der Waals surface area contributed by atoms with E-state index in [1.165, 1.54) is 6.07 Å². The first kappa shape index (κ1) is 11.0. The number of rotatable bonds is 4. The quantitative estimate of drug-likeness (QED) is 0.801. The number of pyridine rings is 1. The molecular weight excluding hydrogens is 203 g/mol. The SMILES string of the molecule is NCCCCc1cc(F)cc2cnccc12. The minimum atomic E-state index is -0.191. The highest BCUT2D eigenvalue weighted by Crippen LogP contribution is 2.21. The van der Waals surface area contributed by atoms with Gasteiger partial charge >= 0.3 is 0 Å². The van der Waals surface area contributed by atoms with Crippen molar-refractivity contribution in [1.29, 1.82) is 0 Å². The van der Waals surface area contributed by atoms with Gasteiger partial charge in [-0.05, 0) is 55.0 Å². The van der Waals surface area contributed by atoms with Gasteiger partial charge in [0, 0.05) is 17.8 Å². The van der Waals surface area contributed by atoms with Crippen LogP contribution in [0.15, 0.2) is 30.6 Å². The molecule has 84 valence electrons. The van der Waals surface area contributed by atoms with E-state index in [-0.39, 0.29) is 5.82 Å². The molecule has 2 N–H and O–H groups in total. The molecule has 1 heterocycles. The number of aromatic nitrogens is 1. The van der Waals surface area contributed by atoms with Crippen LogP contribution in [0, 0.1) is 5.82 Å². The highest BCUT2D eigenvalue weighted by Gasteiger charge is 2.03. The molecule has 0 amide bonds. The maximum absolute atomic E-state index is 13.4. The van der Waals surface area contributed by atoms with E-state index < -0.39 is 0 Å². The van der Waals surface area contributed by atoms with Crippen molar-refractivity contribution in [2.24, 2.45) is 5.73 Å². The third kappa shape index (κ3) is 2.36. The number of nitrogens with two attached hydrogens (primary N) is 1. The summed E-state index contributed by atoms with van der Waals surface area (Å²) in [6.07, 6.45) is 6.29. The minimum absolute atomic E-state index is 0.191. The molecule has 1 aromatic carbocycles. The zero-order valence-electron chi connectivity index (χ0n) is 9.12. The van der Waals surface area contributed by atoms with Crippen LogP contribution >= 0.6 is 0 Å². The van der Waals surface area contributed by atoms with Gasteiger partial charge in [-0.2, -0.15) is 0 Å². The molecule has 1 aromatic heterocycles. The maximum Gasteiger partial charge on any atom is 0.124 e. The number of hydrogen-bond donors (Lipinski definition) is 1. The van der Waals surface area contributed by atoms with E-state index >= 15 is 0 Å². The van der Waals surface area contributed by atoms with Gasteiger partial charge in [0.25, 0.3) is 0 Å². The zero-order valence-corrected chi connectivity index (χ0v) is 9.12. The van der Waals surface area contributed by atoms with Crippen LogP contribution in [0.3, 0.4) is 0 Å². The molecule has 0 spiro atoms. The van der Waals surface area contributed by atoms with Crippen molar-refractivity contribution >= 4 is 10.8 Å². The van der Waals surface area contributed by atoms with Gasteiger partial charge in [-0.3, -0.25) is 4.98 Å². The third-order valence-corrected chi connectivity index (χ3v) is 2.70. The second-order valence-electron chi connectivity index (χ2n) is 3.91. The van der Waals surface area contributed by atoms with Crippen LogP contribution in [-0.2, 0) is 6.42 Å². The Bertz CT molecular complexity index is 482. The van der Waals surface area contributed by atoms with E-state index in [9.17, 15) is 4.39 Å². The van der Waals surface area contributed by atoms with E-state index in [1.807, 2.05) is 6.07 Å². The summed E-state index contributed by atoms with van der Waals surface area (Å²) in [7, 11) is 0. The minimum Gasteiger partial charge on any atom is -0.330 e. The first-order valence-electron chi connectivity index (χ1n) is 5.53. The first-order chi connectivity index (χ1) is 7.81. The summed E-state index contributed by atoms with van der Waals surface area (Å²) in [6, 6.07) is 5.07. The van der Waals surface area contributed by atoms with Crippen LogP contribution in [0.2, 0.25) is 0 Å². The van der Waals surface area contributed by atoms with E-state index in [1.54, 1.807) is 18.5 Å². The monoisotopic (exact) mass is 218 g/mol. The van der Waals surface area contributed by atoms with Crippen molar-refractivity contribution in [3.63, 3.8) is 0 Å². The van der Waals surface area contributed by atoms with Crippen LogP contribution in [0.1, 0.15) is 18.4 Å². The molecule has 0 aliphatic carbocycles. The van der Waals surface area contributed by atoms with E-state index in [2.05, 4.69) is 4.98 Å². The standard InChI is InChI=1S/C13H15FN2/c14-12-7-10(3-1-2-5-15)13-4-6-16-9-11(13)8-12/h4,6-9H,1-3,5,15H2. The van der Waals surface area contributed by atoms with E-state index in [0.717, 1.165) is 35.6 Å². The molecule has 0 unspecified atom stereocenters. The fourth-order valence-corrected chi connectivity index (χ4v) is 1.92. The second-order valence-corrected chi connectivity index (χ2v) is 3.91. The second kappa shape index (κ2) is 5.03. The van der Waals surface area contributed by atoms with Crippen molar-refractivity contribution in [3.05, 3.63) is 42.0 Å². The average molecular weight is 218 g/mol. The largest absolute Gasteiger partial charge is 0.330 e. The topological polar surface area (TPSA) is 38.9 Å². The van der Waals surface area contributed by atoms with Gasteiger partial charge in [0.05, 0.1) is 0 Å². The van der Waals surface area contributed by atoms with Gasteiger partial charge in [0.15, 0.2) is 0 Å². The zero-order chi connectivity index (χ0) is 11.4. The lowest BCUT2D eigenvalue weighted by Gasteiger charge is -2.06. The summed E-state index contributed by atoms with van der Waals surface area (Å²) in [4.78, 5) is 4.00. The Morgan fingerprint density at radius 2 is 2.12 bits per heavy atom. The molecule has 0 fully saturated rings. The summed E-state index contributed by atoms with van der Waals surface area (Å²) in [5, 5.41) is 1.96. The molecule has 2 nitrogen and oxygen atoms in total. The number of nitrogens with zero attached hydrogens (tertiary/aromatic N) is 1. The Morgan fingerprint density at radius 1 is 1.25 bits per heavy atom. The highest BCUT2D eigenvalue weighted by molar-refractivity contribution is 5.84. The van der Waals surface area contributed by atoms with Crippen molar-refractivity contribution in [1.82, 2.24) is 4.98 Å². The molecule has 0 saturated heterocycles. The molecule has 0 radical (unpaired) electrons. The maximum atomic E-state index is 13.4. The first-order valence-corrected chi connectivity index (χ1v) is 5.53. The van der Waals surface area contributed by atoms with Gasteiger partial charge in [-0.25, -0.2) is 4.39 Å². The summed E-state index contributed by atoms with van der Waals surface area (Å²) in [5.41, 5.74) is 6.50. The van der Waals surface area contributed by atoms with Crippen molar-refractivity contribution < 1.29 is 4.39 Å². The molecule has 0 bridgehead atoms. The van der Waals surface area contributed by atoms with Gasteiger partial charge < -0.3 is 5.73 Å². The van der Waals surface area contributed by atoms with Crippen molar-refractivity contribution in [2.45, 2.75) is 19.3 Å². The number of benzene rings is 1. The van der Waals surface area contributed by atoms with Crippen LogP contribution in [-0.4, -0.2) is 11.5 Å². The average Bonchev–Trinajstić information content (AvgIpc) is 2.29. The van der Waals surface area contributed by atoms with Crippen LogP contribution in [0.4, 0.5) is 4.39 Å². The van der Waals surface area contributed by atoms with Crippen LogP contribution < -0.4 is 5.73 Å². The molecule has 0 saturated carbocycles. The smallest absolute Gasteiger partial charge is 0.124 e. The fourth-order valence-electron chi connectivity index (χ4n) is 1.92. The van der Waals surface area contributed by atoms with Crippen molar-refractivity contribution in [2.75, 3.05) is 6.54 Å². The normalized spacial score (nSPS) is 10.9. The molecule has 0 aliphatic heterocycles. The van der Waals surface area contributed by atoms with Gasteiger partial charge in [-0.1, -0.05) is 0 Å². The third-order valence-electron chi connectivity index (χ3n) is 2.70. The lowest BCUT2D eigenvalue weighted by atomic mass is 10.0. The number of unbranched alkanes of at least 4 members (excludes halogenated alkanes) is 1. The summed E-state index contributed by atoms with van der Waals surface area (Å²) >= 11 is 0. The Balaban J connectivity index is 2.34. The van der Waals surface area contributed by atoms with Gasteiger partial charge in [0.1, 0.15) is 5.82 Å². The summed E-state index contributed by atoms with van der Waals surface area (Å²) in [6.45, 7) is 0.689. The lowest BCUT2D eigenvalue weighted by Crippen LogP contribution is -1.99. The number of fused-ring (bicyclic) bond motifs is 1. The number of halogens is 1. The predicted octanol–water partition coefficient (Wildman–Crippen LogP) is 2.66. The predicted molar refractivity (Wildman–Crippen MR) is 63.7 cm³/mol. The number of hydrogen-bond acceptors (Lipinski definition) is 2. The fraction of sp³-hybridized carbons (Fsp3) is 0.308. The molecule has 0 atom stereocenters. The van der Waals surface area contributed by atoms with E-state index in [0.29, 0.717) is 6.54 Å². The highest BCUT2D eigenvalue weighted by atomic mass is 19.1. The van der Waals surface area contributed by atoms with Crippen molar-refractivity contribution in [3.8, 4) is 0 Å². The summed E-state index contributed by atoms with van der Waals surface area (Å²) in [5.74, 6) is -0.191. The Labute approximate surface area is 94.3 Å². The van der Waals surface area contributed by atoms with Crippen LogP contribution in [0.25, 0.3) is 10.8 Å².